The number of halogens is 1. The minimum Gasteiger partial charge on any atom is -0.383 e. The van der Waals surface area contributed by atoms with Gasteiger partial charge < -0.3 is 5.32 Å². The molecule has 0 aliphatic heterocycles. The highest BCUT2D eigenvalue weighted by atomic mass is 35.5. The summed E-state index contributed by atoms with van der Waals surface area (Å²) in [5, 5.41) is 12.7. The van der Waals surface area contributed by atoms with E-state index in [4.69, 9.17) is 16.9 Å². The minimum atomic E-state index is 0.216. The molecule has 78 valence electrons. The van der Waals surface area contributed by atoms with Gasteiger partial charge in [-0.1, -0.05) is 23.7 Å². The maximum absolute atomic E-state index is 8.69. The Morgan fingerprint density at radius 3 is 2.73 bits per heavy atom. The molecule has 0 atom stereocenters. The summed E-state index contributed by atoms with van der Waals surface area (Å²) in [5.74, 6) is 0. The van der Waals surface area contributed by atoms with Gasteiger partial charge in [0.2, 0.25) is 0 Å². The van der Waals surface area contributed by atoms with Crippen LogP contribution in [0.1, 0.15) is 19.3 Å². The fraction of sp³-hybridized carbons (Fsp3) is 0.417. The molecule has 1 fully saturated rings. The summed E-state index contributed by atoms with van der Waals surface area (Å²) in [6.45, 7) is 0.851. The fourth-order valence-corrected chi connectivity index (χ4v) is 1.85. The number of hydrogen-bond donors (Lipinski definition) is 1. The van der Waals surface area contributed by atoms with E-state index >= 15 is 0 Å². The van der Waals surface area contributed by atoms with E-state index in [2.05, 4.69) is 11.4 Å². The molecule has 0 radical (unpaired) electrons. The molecule has 2 rings (SSSR count). The fourth-order valence-electron chi connectivity index (χ4n) is 1.65. The van der Waals surface area contributed by atoms with Gasteiger partial charge in [0.15, 0.2) is 0 Å². The molecule has 3 heteroatoms. The first-order valence-corrected chi connectivity index (χ1v) is 5.49. The predicted molar refractivity (Wildman–Crippen MR) is 61.8 cm³/mol. The smallest absolute Gasteiger partial charge is 0.0637 e. The van der Waals surface area contributed by atoms with Gasteiger partial charge in [0.05, 0.1) is 16.8 Å². The zero-order valence-electron chi connectivity index (χ0n) is 8.46. The van der Waals surface area contributed by atoms with E-state index in [0.717, 1.165) is 30.1 Å². The Balaban J connectivity index is 1.94. The van der Waals surface area contributed by atoms with Gasteiger partial charge in [-0.2, -0.15) is 5.26 Å². The molecule has 1 saturated carbocycles. The van der Waals surface area contributed by atoms with Crippen molar-refractivity contribution in [2.75, 3.05) is 11.9 Å². The summed E-state index contributed by atoms with van der Waals surface area (Å²) in [4.78, 5) is 0. The largest absolute Gasteiger partial charge is 0.383 e. The first kappa shape index (κ1) is 10.3. The van der Waals surface area contributed by atoms with Gasteiger partial charge in [-0.3, -0.25) is 0 Å². The zero-order chi connectivity index (χ0) is 10.7. The van der Waals surface area contributed by atoms with Crippen LogP contribution in [0.15, 0.2) is 24.3 Å². The molecule has 2 nitrogen and oxygen atoms in total. The normalized spacial score (nSPS) is 16.8. The molecular weight excluding hydrogens is 208 g/mol. The summed E-state index contributed by atoms with van der Waals surface area (Å²) in [7, 11) is 0. The summed E-state index contributed by atoms with van der Waals surface area (Å²) in [5.41, 5.74) is 1.18. The molecule has 0 aromatic heterocycles. The van der Waals surface area contributed by atoms with Gasteiger partial charge in [-0.05, 0) is 25.0 Å². The van der Waals surface area contributed by atoms with Crippen LogP contribution in [-0.4, -0.2) is 6.54 Å². The second kappa shape index (κ2) is 4.12. The molecule has 1 aromatic rings. The average Bonchev–Trinajstić information content (AvgIpc) is 2.98. The standard InChI is InChI=1S/C12H13ClN2/c13-10-3-1-2-4-11(10)15-9-12(5-6-12)7-8-14/h1-4,15H,5-7,9H2. The lowest BCUT2D eigenvalue weighted by atomic mass is 10.0. The Morgan fingerprint density at radius 2 is 2.13 bits per heavy atom. The molecule has 1 N–H and O–H groups in total. The third-order valence-electron chi connectivity index (χ3n) is 2.94. The Bertz CT molecular complexity index is 391. The number of nitrogens with one attached hydrogen (secondary N) is 1. The van der Waals surface area contributed by atoms with Gasteiger partial charge in [0, 0.05) is 18.4 Å². The lowest BCUT2D eigenvalue weighted by Gasteiger charge is -2.14. The highest BCUT2D eigenvalue weighted by molar-refractivity contribution is 6.33. The van der Waals surface area contributed by atoms with Gasteiger partial charge in [-0.25, -0.2) is 0 Å². The van der Waals surface area contributed by atoms with Crippen LogP contribution in [0.25, 0.3) is 0 Å². The summed E-state index contributed by atoms with van der Waals surface area (Å²) >= 11 is 6.02. The van der Waals surface area contributed by atoms with E-state index in [9.17, 15) is 0 Å². The van der Waals surface area contributed by atoms with Crippen LogP contribution in [0.3, 0.4) is 0 Å². The lowest BCUT2D eigenvalue weighted by molar-refractivity contribution is 0.557. The van der Waals surface area contributed by atoms with E-state index in [1.165, 1.54) is 0 Å². The van der Waals surface area contributed by atoms with Crippen molar-refractivity contribution in [2.24, 2.45) is 5.41 Å². The van der Waals surface area contributed by atoms with Crippen LogP contribution < -0.4 is 5.32 Å². The topological polar surface area (TPSA) is 35.8 Å². The number of para-hydroxylation sites is 1. The molecule has 0 saturated heterocycles. The molecule has 1 aliphatic rings. The number of rotatable bonds is 4. The molecule has 1 aliphatic carbocycles. The second-order valence-electron chi connectivity index (χ2n) is 4.17. The molecule has 0 bridgehead atoms. The minimum absolute atomic E-state index is 0.216. The first-order chi connectivity index (χ1) is 7.26. The molecule has 0 amide bonds. The number of nitriles is 1. The van der Waals surface area contributed by atoms with Gasteiger partial charge in [0.1, 0.15) is 0 Å². The van der Waals surface area contributed by atoms with Crippen LogP contribution in [-0.2, 0) is 0 Å². The zero-order valence-corrected chi connectivity index (χ0v) is 9.22. The third-order valence-corrected chi connectivity index (χ3v) is 3.27. The third kappa shape index (κ3) is 2.43. The Morgan fingerprint density at radius 1 is 1.40 bits per heavy atom. The van der Waals surface area contributed by atoms with Crippen molar-refractivity contribution in [1.82, 2.24) is 0 Å². The van der Waals surface area contributed by atoms with Crippen LogP contribution in [0.4, 0.5) is 5.69 Å². The van der Waals surface area contributed by atoms with Crippen molar-refractivity contribution in [3.05, 3.63) is 29.3 Å². The monoisotopic (exact) mass is 220 g/mol. The Kier molecular flexibility index (Phi) is 2.83. The van der Waals surface area contributed by atoms with Gasteiger partial charge in [-0.15, -0.1) is 0 Å². The van der Waals surface area contributed by atoms with Gasteiger partial charge in [0.25, 0.3) is 0 Å². The van der Waals surface area contributed by atoms with Crippen molar-refractivity contribution >= 4 is 17.3 Å². The number of anilines is 1. The summed E-state index contributed by atoms with van der Waals surface area (Å²) in [6, 6.07) is 9.95. The van der Waals surface area contributed by atoms with Crippen molar-refractivity contribution in [3.63, 3.8) is 0 Å². The molecule has 1 aromatic carbocycles. The molecule has 0 spiro atoms. The van der Waals surface area contributed by atoms with Crippen LogP contribution in [0, 0.1) is 16.7 Å². The average molecular weight is 221 g/mol. The first-order valence-electron chi connectivity index (χ1n) is 5.11. The van der Waals surface area contributed by atoms with Crippen LogP contribution in [0.2, 0.25) is 5.02 Å². The van der Waals surface area contributed by atoms with Crippen LogP contribution >= 0.6 is 11.6 Å². The Hall–Kier alpha value is -1.20. The second-order valence-corrected chi connectivity index (χ2v) is 4.58. The SMILES string of the molecule is N#CCC1(CNc2ccccc2Cl)CC1. The summed E-state index contributed by atoms with van der Waals surface area (Å²) in [6.07, 6.45) is 2.94. The molecule has 15 heavy (non-hydrogen) atoms. The van der Waals surface area contributed by atoms with Crippen molar-refractivity contribution in [3.8, 4) is 6.07 Å². The van der Waals surface area contributed by atoms with E-state index in [0.29, 0.717) is 6.42 Å². The van der Waals surface area contributed by atoms with Crippen molar-refractivity contribution in [2.45, 2.75) is 19.3 Å². The van der Waals surface area contributed by atoms with Crippen molar-refractivity contribution < 1.29 is 0 Å². The summed E-state index contributed by atoms with van der Waals surface area (Å²) < 4.78 is 0. The lowest BCUT2D eigenvalue weighted by Crippen LogP contribution is -2.14. The number of nitrogens with zero attached hydrogens (tertiary/aromatic N) is 1. The van der Waals surface area contributed by atoms with E-state index in [1.807, 2.05) is 24.3 Å². The van der Waals surface area contributed by atoms with E-state index in [1.54, 1.807) is 0 Å². The van der Waals surface area contributed by atoms with Crippen LogP contribution in [0.5, 0.6) is 0 Å². The molecule has 0 heterocycles. The number of hydrogen-bond acceptors (Lipinski definition) is 2. The molecular formula is C12H13ClN2. The van der Waals surface area contributed by atoms with Gasteiger partial charge >= 0.3 is 0 Å². The highest BCUT2D eigenvalue weighted by Gasteiger charge is 2.42. The van der Waals surface area contributed by atoms with E-state index in [-0.39, 0.29) is 5.41 Å². The maximum Gasteiger partial charge on any atom is 0.0637 e. The predicted octanol–water partition coefficient (Wildman–Crippen LogP) is 3.45. The quantitative estimate of drug-likeness (QED) is 0.844. The maximum atomic E-state index is 8.69. The van der Waals surface area contributed by atoms with Crippen molar-refractivity contribution in [1.29, 1.82) is 5.26 Å². The van der Waals surface area contributed by atoms with E-state index < -0.39 is 0 Å². The molecule has 0 unspecified atom stereocenters. The Labute approximate surface area is 94.9 Å². The highest BCUT2D eigenvalue weighted by Crippen LogP contribution is 2.48. The number of benzene rings is 1.